The molecule has 0 amide bonds. The first kappa shape index (κ1) is 23.5. The van der Waals surface area contributed by atoms with Crippen molar-refractivity contribution in [3.05, 3.63) is 71.2 Å². The van der Waals surface area contributed by atoms with Crippen LogP contribution in [0.3, 0.4) is 0 Å². The fourth-order valence-corrected chi connectivity index (χ4v) is 5.08. The summed E-state index contributed by atoms with van der Waals surface area (Å²) in [4.78, 5) is 21.4. The predicted octanol–water partition coefficient (Wildman–Crippen LogP) is 5.08. The van der Waals surface area contributed by atoms with E-state index in [-0.39, 0.29) is 12.5 Å². The Morgan fingerprint density at radius 2 is 1.83 bits per heavy atom. The van der Waals surface area contributed by atoms with Crippen LogP contribution in [0.25, 0.3) is 0 Å². The Kier molecular flexibility index (Phi) is 6.79. The van der Waals surface area contributed by atoms with Gasteiger partial charge < -0.3 is 14.7 Å². The zero-order valence-electron chi connectivity index (χ0n) is 20.4. The zero-order chi connectivity index (χ0) is 24.4. The average Bonchev–Trinajstić information content (AvgIpc) is 3.23. The van der Waals surface area contributed by atoms with Crippen LogP contribution in [0, 0.1) is 6.92 Å². The Morgan fingerprint density at radius 3 is 2.60 bits per heavy atom. The quantitative estimate of drug-likeness (QED) is 0.608. The van der Waals surface area contributed by atoms with Gasteiger partial charge in [-0.2, -0.15) is 4.99 Å². The van der Waals surface area contributed by atoms with E-state index in [1.54, 1.807) is 12.2 Å². The minimum atomic E-state index is -0.824. The lowest BCUT2D eigenvalue weighted by Crippen LogP contribution is -2.51. The van der Waals surface area contributed by atoms with Gasteiger partial charge in [-0.3, -0.25) is 0 Å². The van der Waals surface area contributed by atoms with Crippen molar-refractivity contribution in [3.8, 4) is 0 Å². The highest BCUT2D eigenvalue weighted by Crippen LogP contribution is 2.27. The Balaban J connectivity index is 1.41. The van der Waals surface area contributed by atoms with Crippen molar-refractivity contribution in [2.75, 3.05) is 37.6 Å². The number of aliphatic imine (C=N–C) groups is 2. The van der Waals surface area contributed by atoms with Crippen molar-refractivity contribution < 1.29 is 8.78 Å². The van der Waals surface area contributed by atoms with Gasteiger partial charge >= 0.3 is 0 Å². The zero-order valence-corrected chi connectivity index (χ0v) is 20.4. The fourth-order valence-electron chi connectivity index (χ4n) is 5.08. The monoisotopic (exact) mass is 478 g/mol. The summed E-state index contributed by atoms with van der Waals surface area (Å²) in [5.74, 6) is 1.03. The summed E-state index contributed by atoms with van der Waals surface area (Å²) in [5.41, 5.74) is 2.49. The Morgan fingerprint density at radius 1 is 1.00 bits per heavy atom. The highest BCUT2D eigenvalue weighted by Gasteiger charge is 2.29. The van der Waals surface area contributed by atoms with Gasteiger partial charge in [0.05, 0.1) is 5.71 Å². The van der Waals surface area contributed by atoms with Crippen LogP contribution < -0.4 is 4.90 Å². The second-order valence-electron chi connectivity index (χ2n) is 9.52. The van der Waals surface area contributed by atoms with Gasteiger partial charge in [-0.25, -0.2) is 18.8 Å². The van der Waals surface area contributed by atoms with Gasteiger partial charge in [0.25, 0.3) is 0 Å². The molecule has 0 aromatic carbocycles. The third kappa shape index (κ3) is 5.06. The van der Waals surface area contributed by atoms with Crippen molar-refractivity contribution in [2.45, 2.75) is 45.6 Å². The minimum absolute atomic E-state index is 0.0369. The molecule has 0 radical (unpaired) electrons. The molecule has 1 aromatic heterocycles. The summed E-state index contributed by atoms with van der Waals surface area (Å²) in [6.45, 7) is 8.64. The molecule has 0 saturated carbocycles. The highest BCUT2D eigenvalue weighted by molar-refractivity contribution is 6.10. The summed E-state index contributed by atoms with van der Waals surface area (Å²) in [6, 6.07) is 4.29. The van der Waals surface area contributed by atoms with Gasteiger partial charge in [-0.1, -0.05) is 18.2 Å². The van der Waals surface area contributed by atoms with Crippen molar-refractivity contribution >= 4 is 17.5 Å². The van der Waals surface area contributed by atoms with Crippen LogP contribution in [0.1, 0.15) is 38.2 Å². The van der Waals surface area contributed by atoms with E-state index in [9.17, 15) is 8.78 Å². The minimum Gasteiger partial charge on any atom is -0.353 e. The average molecular weight is 479 g/mol. The molecule has 2 fully saturated rings. The summed E-state index contributed by atoms with van der Waals surface area (Å²) in [5, 5.41) is 0. The molecular weight excluding hydrogens is 446 g/mol. The molecule has 35 heavy (non-hydrogen) atoms. The molecule has 2 saturated heterocycles. The molecule has 1 aliphatic carbocycles. The van der Waals surface area contributed by atoms with Crippen LogP contribution in [0.4, 0.5) is 14.6 Å². The van der Waals surface area contributed by atoms with E-state index in [0.29, 0.717) is 23.7 Å². The molecule has 1 aromatic rings. The van der Waals surface area contributed by atoms with Crippen LogP contribution >= 0.6 is 0 Å². The standard InChI is InChI=1S/C27H32F2N6/c1-19-7-6-12-30-26(19)34-15-16-35(20(2)18-34)25-11-10-24(21-8-5-9-22(28)23(29)17-21)31-27(32-25)33-13-3-4-14-33/h5-8,11-12,17,20H,3-4,9-10,13-16,18H2,1-2H3. The fraction of sp³-hybridized carbons (Fsp3) is 0.444. The van der Waals surface area contributed by atoms with E-state index in [0.717, 1.165) is 57.2 Å². The van der Waals surface area contributed by atoms with E-state index in [1.165, 1.54) is 11.6 Å². The number of halogens is 2. The lowest BCUT2D eigenvalue weighted by atomic mass is 10.1. The topological polar surface area (TPSA) is 47.3 Å². The maximum Gasteiger partial charge on any atom is 0.227 e. The number of likely N-dealkylation sites (tertiary alicyclic amines) is 1. The van der Waals surface area contributed by atoms with Crippen LogP contribution in [0.2, 0.25) is 0 Å². The molecule has 3 aliphatic heterocycles. The molecule has 4 heterocycles. The largest absolute Gasteiger partial charge is 0.353 e. The summed E-state index contributed by atoms with van der Waals surface area (Å²) in [6.07, 6.45) is 11.3. The summed E-state index contributed by atoms with van der Waals surface area (Å²) >= 11 is 0. The number of aryl methyl sites for hydroxylation is 1. The molecule has 184 valence electrons. The molecule has 0 bridgehead atoms. The summed E-state index contributed by atoms with van der Waals surface area (Å²) in [7, 11) is 0. The molecule has 0 spiro atoms. The van der Waals surface area contributed by atoms with E-state index in [4.69, 9.17) is 9.98 Å². The Labute approximate surface area is 205 Å². The third-order valence-corrected chi connectivity index (χ3v) is 6.99. The van der Waals surface area contributed by atoms with Gasteiger partial charge in [-0.15, -0.1) is 0 Å². The number of hydrogen-bond donors (Lipinski definition) is 0. The predicted molar refractivity (Wildman–Crippen MR) is 137 cm³/mol. The smallest absolute Gasteiger partial charge is 0.227 e. The molecule has 4 aliphatic rings. The first-order chi connectivity index (χ1) is 17.0. The molecule has 5 rings (SSSR count). The third-order valence-electron chi connectivity index (χ3n) is 6.99. The van der Waals surface area contributed by atoms with Crippen molar-refractivity contribution in [1.29, 1.82) is 0 Å². The lowest BCUT2D eigenvalue weighted by molar-refractivity contribution is 0.239. The second-order valence-corrected chi connectivity index (χ2v) is 9.52. The first-order valence-corrected chi connectivity index (χ1v) is 12.5. The van der Waals surface area contributed by atoms with Crippen molar-refractivity contribution in [2.24, 2.45) is 9.98 Å². The van der Waals surface area contributed by atoms with Gasteiger partial charge in [0.15, 0.2) is 5.83 Å². The number of guanidine groups is 1. The number of pyridine rings is 1. The number of anilines is 1. The van der Waals surface area contributed by atoms with Crippen LogP contribution in [0.15, 0.2) is 75.7 Å². The number of piperazine rings is 1. The van der Waals surface area contributed by atoms with Gasteiger partial charge in [0.1, 0.15) is 17.5 Å². The lowest BCUT2D eigenvalue weighted by Gasteiger charge is -2.42. The first-order valence-electron chi connectivity index (χ1n) is 12.5. The molecule has 0 N–H and O–H groups in total. The molecule has 8 heteroatoms. The van der Waals surface area contributed by atoms with Crippen LogP contribution in [0.5, 0.6) is 0 Å². The normalized spacial score (nSPS) is 23.5. The second kappa shape index (κ2) is 10.1. The van der Waals surface area contributed by atoms with Gasteiger partial charge in [0.2, 0.25) is 5.96 Å². The maximum absolute atomic E-state index is 14.2. The van der Waals surface area contributed by atoms with Crippen LogP contribution in [-0.2, 0) is 0 Å². The van der Waals surface area contributed by atoms with Gasteiger partial charge in [0, 0.05) is 57.8 Å². The number of aromatic nitrogens is 1. The van der Waals surface area contributed by atoms with Crippen molar-refractivity contribution in [3.63, 3.8) is 0 Å². The molecule has 1 atom stereocenters. The van der Waals surface area contributed by atoms with Gasteiger partial charge in [-0.05, 0) is 56.0 Å². The number of nitrogens with zero attached hydrogens (tertiary/aromatic N) is 6. The van der Waals surface area contributed by atoms with Crippen LogP contribution in [-0.4, -0.2) is 65.2 Å². The summed E-state index contributed by atoms with van der Waals surface area (Å²) < 4.78 is 28.0. The number of hydrogen-bond acceptors (Lipinski definition) is 6. The molecule has 6 nitrogen and oxygen atoms in total. The number of allylic oxidation sites excluding steroid dienone is 7. The molecule has 1 unspecified atom stereocenters. The molecular formula is C27H32F2N6. The van der Waals surface area contributed by atoms with Crippen molar-refractivity contribution in [1.82, 2.24) is 14.8 Å². The Bertz CT molecular complexity index is 1160. The van der Waals surface area contributed by atoms with E-state index in [1.807, 2.05) is 12.3 Å². The Hall–Kier alpha value is -3.29. The SMILES string of the molecule is Cc1cccnc1N1CCN(C2=CCC(C3=CC(F)=C(F)CC=C3)=NC(N3CCCC3)=N2)C(C)C1. The van der Waals surface area contributed by atoms with E-state index < -0.39 is 11.7 Å². The maximum atomic E-state index is 14.2. The number of rotatable bonds is 3. The van der Waals surface area contributed by atoms with E-state index >= 15 is 0 Å². The highest BCUT2D eigenvalue weighted by atomic mass is 19.2. The van der Waals surface area contributed by atoms with E-state index in [2.05, 4.69) is 45.7 Å².